The number of rotatable bonds is 5. The Labute approximate surface area is 81.2 Å². The van der Waals surface area contributed by atoms with Crippen LogP contribution in [0.4, 0.5) is 5.82 Å². The number of hydrogen-bond donors (Lipinski definition) is 2. The zero-order valence-electron chi connectivity index (χ0n) is 7.93. The fourth-order valence-corrected chi connectivity index (χ4v) is 0.886. The van der Waals surface area contributed by atoms with Crippen LogP contribution in [0.5, 0.6) is 0 Å². The second-order valence-electron chi connectivity index (χ2n) is 2.68. The molecular weight excluding hydrogens is 186 g/mol. The predicted molar refractivity (Wildman–Crippen MR) is 49.3 cm³/mol. The highest BCUT2D eigenvalue weighted by atomic mass is 16.5. The van der Waals surface area contributed by atoms with Crippen molar-refractivity contribution in [1.82, 2.24) is 20.3 Å². The van der Waals surface area contributed by atoms with E-state index >= 15 is 0 Å². The van der Waals surface area contributed by atoms with Crippen LogP contribution >= 0.6 is 0 Å². The third-order valence-corrected chi connectivity index (χ3v) is 1.49. The lowest BCUT2D eigenvalue weighted by atomic mass is 10.5. The summed E-state index contributed by atoms with van der Waals surface area (Å²) in [6, 6.07) is 0. The highest BCUT2D eigenvalue weighted by molar-refractivity contribution is 5.75. The van der Waals surface area contributed by atoms with Crippen molar-refractivity contribution in [3.63, 3.8) is 0 Å². The molecule has 0 aliphatic rings. The van der Waals surface area contributed by atoms with Crippen molar-refractivity contribution in [2.75, 3.05) is 26.0 Å². The van der Waals surface area contributed by atoms with Gasteiger partial charge in [-0.15, -0.1) is 5.10 Å². The number of nitrogens with one attached hydrogen (secondary N) is 1. The SMILES string of the molecule is COCCNC(=O)Cn1cc(N)nn1. The summed E-state index contributed by atoms with van der Waals surface area (Å²) in [6.45, 7) is 1.10. The minimum Gasteiger partial charge on any atom is -0.383 e. The number of nitrogens with two attached hydrogens (primary N) is 1. The number of carbonyl (C=O) groups is 1. The average molecular weight is 199 g/mol. The Hall–Kier alpha value is -1.63. The van der Waals surface area contributed by atoms with Gasteiger partial charge in [0, 0.05) is 13.7 Å². The van der Waals surface area contributed by atoms with Gasteiger partial charge in [0.1, 0.15) is 6.54 Å². The van der Waals surface area contributed by atoms with E-state index < -0.39 is 0 Å². The van der Waals surface area contributed by atoms with Gasteiger partial charge in [0.15, 0.2) is 5.82 Å². The highest BCUT2D eigenvalue weighted by Gasteiger charge is 2.03. The predicted octanol–water partition coefficient (Wildman–Crippen LogP) is -1.38. The van der Waals surface area contributed by atoms with Gasteiger partial charge in [-0.3, -0.25) is 4.79 Å². The summed E-state index contributed by atoms with van der Waals surface area (Å²) < 4.78 is 6.15. The average Bonchev–Trinajstić information content (AvgIpc) is 2.52. The topological polar surface area (TPSA) is 95.1 Å². The minimum atomic E-state index is -0.146. The molecule has 1 rings (SSSR count). The number of methoxy groups -OCH3 is 1. The molecule has 0 atom stereocenters. The van der Waals surface area contributed by atoms with Crippen LogP contribution in [0.1, 0.15) is 0 Å². The first-order valence-electron chi connectivity index (χ1n) is 4.13. The van der Waals surface area contributed by atoms with E-state index in [1.54, 1.807) is 7.11 Å². The molecule has 0 unspecified atom stereocenters. The van der Waals surface area contributed by atoms with Gasteiger partial charge in [-0.2, -0.15) is 0 Å². The van der Waals surface area contributed by atoms with Crippen LogP contribution in [0.3, 0.4) is 0 Å². The second-order valence-corrected chi connectivity index (χ2v) is 2.68. The number of aromatic nitrogens is 3. The fourth-order valence-electron chi connectivity index (χ4n) is 0.886. The number of hydrogen-bond acceptors (Lipinski definition) is 5. The molecule has 1 amide bonds. The number of amides is 1. The lowest BCUT2D eigenvalue weighted by Gasteiger charge is -2.03. The molecule has 0 aliphatic carbocycles. The summed E-state index contributed by atoms with van der Waals surface area (Å²) in [5, 5.41) is 9.83. The van der Waals surface area contributed by atoms with Gasteiger partial charge in [-0.05, 0) is 0 Å². The molecule has 0 aliphatic heterocycles. The van der Waals surface area contributed by atoms with E-state index in [0.29, 0.717) is 19.0 Å². The molecule has 0 fully saturated rings. The maximum atomic E-state index is 11.2. The van der Waals surface area contributed by atoms with Crippen molar-refractivity contribution in [2.24, 2.45) is 0 Å². The molecule has 0 radical (unpaired) electrons. The Bertz CT molecular complexity index is 298. The third kappa shape index (κ3) is 3.40. The number of nitrogens with zero attached hydrogens (tertiary/aromatic N) is 3. The Morgan fingerprint density at radius 2 is 2.57 bits per heavy atom. The van der Waals surface area contributed by atoms with Crippen LogP contribution in [0.15, 0.2) is 6.20 Å². The Morgan fingerprint density at radius 3 is 3.14 bits per heavy atom. The van der Waals surface area contributed by atoms with Crippen molar-refractivity contribution >= 4 is 11.7 Å². The van der Waals surface area contributed by atoms with Gasteiger partial charge >= 0.3 is 0 Å². The van der Waals surface area contributed by atoms with Gasteiger partial charge in [-0.1, -0.05) is 5.21 Å². The van der Waals surface area contributed by atoms with E-state index in [0.717, 1.165) is 0 Å². The van der Waals surface area contributed by atoms with Gasteiger partial charge in [0.05, 0.1) is 12.8 Å². The first-order valence-corrected chi connectivity index (χ1v) is 4.13. The standard InChI is InChI=1S/C7H13N5O2/c1-14-3-2-9-7(13)5-12-4-6(8)10-11-12/h4H,2-3,5,8H2,1H3,(H,9,13). The van der Waals surface area contributed by atoms with Crippen LogP contribution < -0.4 is 11.1 Å². The first-order chi connectivity index (χ1) is 6.72. The van der Waals surface area contributed by atoms with E-state index in [1.165, 1.54) is 10.9 Å². The van der Waals surface area contributed by atoms with Gasteiger partial charge in [0.25, 0.3) is 0 Å². The van der Waals surface area contributed by atoms with Crippen LogP contribution in [0.25, 0.3) is 0 Å². The van der Waals surface area contributed by atoms with E-state index in [9.17, 15) is 4.79 Å². The van der Waals surface area contributed by atoms with Crippen molar-refractivity contribution < 1.29 is 9.53 Å². The molecule has 7 nitrogen and oxygen atoms in total. The molecule has 0 bridgehead atoms. The number of ether oxygens (including phenoxy) is 1. The van der Waals surface area contributed by atoms with Crippen LogP contribution in [0.2, 0.25) is 0 Å². The van der Waals surface area contributed by atoms with Crippen molar-refractivity contribution in [3.05, 3.63) is 6.20 Å². The second kappa shape index (κ2) is 5.18. The van der Waals surface area contributed by atoms with E-state index in [4.69, 9.17) is 10.5 Å². The lowest BCUT2D eigenvalue weighted by molar-refractivity contribution is -0.122. The van der Waals surface area contributed by atoms with Crippen molar-refractivity contribution in [1.29, 1.82) is 0 Å². The molecular formula is C7H13N5O2. The summed E-state index contributed by atoms with van der Waals surface area (Å²) in [5.41, 5.74) is 5.33. The third-order valence-electron chi connectivity index (χ3n) is 1.49. The lowest BCUT2D eigenvalue weighted by Crippen LogP contribution is -2.30. The fraction of sp³-hybridized carbons (Fsp3) is 0.571. The maximum Gasteiger partial charge on any atom is 0.241 e. The molecule has 0 aromatic carbocycles. The number of anilines is 1. The van der Waals surface area contributed by atoms with Gasteiger partial charge in [-0.25, -0.2) is 4.68 Å². The largest absolute Gasteiger partial charge is 0.383 e. The summed E-state index contributed by atoms with van der Waals surface area (Å²) >= 11 is 0. The van der Waals surface area contributed by atoms with Crippen molar-refractivity contribution in [2.45, 2.75) is 6.54 Å². The number of nitrogen functional groups attached to an aromatic ring is 1. The molecule has 14 heavy (non-hydrogen) atoms. The van der Waals surface area contributed by atoms with E-state index in [-0.39, 0.29) is 12.5 Å². The number of carbonyl (C=O) groups excluding carboxylic acids is 1. The highest BCUT2D eigenvalue weighted by Crippen LogP contribution is 1.91. The van der Waals surface area contributed by atoms with Gasteiger partial charge < -0.3 is 15.8 Å². The monoisotopic (exact) mass is 199 g/mol. The molecule has 78 valence electrons. The Balaban J connectivity index is 2.27. The molecule has 3 N–H and O–H groups in total. The molecule has 0 saturated carbocycles. The summed E-state index contributed by atoms with van der Waals surface area (Å²) in [6.07, 6.45) is 1.50. The quantitative estimate of drug-likeness (QED) is 0.570. The Morgan fingerprint density at radius 1 is 1.79 bits per heavy atom. The zero-order chi connectivity index (χ0) is 10.4. The molecule has 0 saturated heterocycles. The molecule has 1 heterocycles. The molecule has 7 heteroatoms. The molecule has 1 aromatic heterocycles. The van der Waals surface area contributed by atoms with Gasteiger partial charge in [0.2, 0.25) is 5.91 Å². The summed E-state index contributed by atoms with van der Waals surface area (Å²) in [7, 11) is 1.57. The first kappa shape index (κ1) is 10.5. The molecule has 0 spiro atoms. The smallest absolute Gasteiger partial charge is 0.241 e. The zero-order valence-corrected chi connectivity index (χ0v) is 7.93. The molecule has 1 aromatic rings. The van der Waals surface area contributed by atoms with Crippen LogP contribution in [-0.2, 0) is 16.1 Å². The van der Waals surface area contributed by atoms with E-state index in [1.807, 2.05) is 0 Å². The van der Waals surface area contributed by atoms with Crippen molar-refractivity contribution in [3.8, 4) is 0 Å². The maximum absolute atomic E-state index is 11.2. The minimum absolute atomic E-state index is 0.119. The summed E-state index contributed by atoms with van der Waals surface area (Å²) in [4.78, 5) is 11.2. The summed E-state index contributed by atoms with van der Waals surface area (Å²) in [5.74, 6) is 0.154. The van der Waals surface area contributed by atoms with Crippen LogP contribution in [-0.4, -0.2) is 41.2 Å². The Kier molecular flexibility index (Phi) is 3.86. The van der Waals surface area contributed by atoms with Crippen LogP contribution in [0, 0.1) is 0 Å². The van der Waals surface area contributed by atoms with E-state index in [2.05, 4.69) is 15.6 Å². The normalized spacial score (nSPS) is 10.1.